The van der Waals surface area contributed by atoms with Gasteiger partial charge in [0.1, 0.15) is 0 Å². The van der Waals surface area contributed by atoms with Crippen LogP contribution in [0.5, 0.6) is 0 Å². The number of guanidine groups is 1. The van der Waals surface area contributed by atoms with E-state index in [0.717, 1.165) is 82.2 Å². The Morgan fingerprint density at radius 3 is 2.63 bits per heavy atom. The SMILES string of the molecule is CCNC(=NCC1(SC)CCOCC1)N1CCN(Cc2ccc(Cl)s2)CC1. The highest BCUT2D eigenvalue weighted by molar-refractivity contribution is 8.00. The lowest BCUT2D eigenvalue weighted by atomic mass is 9.99. The van der Waals surface area contributed by atoms with E-state index in [1.54, 1.807) is 11.3 Å². The van der Waals surface area contributed by atoms with Crippen molar-refractivity contribution >= 4 is 40.7 Å². The van der Waals surface area contributed by atoms with Crippen LogP contribution in [0.15, 0.2) is 17.1 Å². The standard InChI is InChI=1S/C19H31ClN4OS2/c1-3-21-18(22-15-19(26-2)6-12-25-13-7-19)24-10-8-23(9-11-24)14-16-4-5-17(20)27-16/h4-5H,3,6-15H2,1-2H3,(H,21,22). The maximum absolute atomic E-state index is 6.06. The molecule has 1 N–H and O–H groups in total. The summed E-state index contributed by atoms with van der Waals surface area (Å²) in [4.78, 5) is 11.3. The fourth-order valence-corrected chi connectivity index (χ4v) is 5.49. The van der Waals surface area contributed by atoms with Crippen LogP contribution in [0.3, 0.4) is 0 Å². The Hall–Kier alpha value is -0.470. The molecular weight excluding hydrogens is 400 g/mol. The molecule has 0 spiro atoms. The molecule has 0 amide bonds. The highest BCUT2D eigenvalue weighted by Gasteiger charge is 2.32. The zero-order chi connectivity index (χ0) is 19.1. The zero-order valence-corrected chi connectivity index (χ0v) is 18.8. The maximum Gasteiger partial charge on any atom is 0.194 e. The summed E-state index contributed by atoms with van der Waals surface area (Å²) in [6.45, 7) is 10.8. The highest BCUT2D eigenvalue weighted by Crippen LogP contribution is 2.34. The van der Waals surface area contributed by atoms with Crippen molar-refractivity contribution in [2.75, 3.05) is 58.7 Å². The molecule has 3 heterocycles. The minimum Gasteiger partial charge on any atom is -0.381 e. The van der Waals surface area contributed by atoms with E-state index in [2.05, 4.69) is 34.4 Å². The number of rotatable bonds is 6. The fourth-order valence-electron chi connectivity index (χ4n) is 3.59. The predicted molar refractivity (Wildman–Crippen MR) is 118 cm³/mol. The molecule has 2 aliphatic rings. The number of thioether (sulfide) groups is 1. The van der Waals surface area contributed by atoms with Gasteiger partial charge >= 0.3 is 0 Å². The van der Waals surface area contributed by atoms with E-state index >= 15 is 0 Å². The molecule has 0 bridgehead atoms. The molecule has 0 radical (unpaired) electrons. The van der Waals surface area contributed by atoms with E-state index in [0.29, 0.717) is 0 Å². The van der Waals surface area contributed by atoms with Gasteiger partial charge in [-0.25, -0.2) is 0 Å². The van der Waals surface area contributed by atoms with Gasteiger partial charge in [0.15, 0.2) is 5.96 Å². The Balaban J connectivity index is 1.55. The van der Waals surface area contributed by atoms with Crippen LogP contribution in [0.2, 0.25) is 4.34 Å². The second-order valence-corrected chi connectivity index (χ2v) is 10.2. The molecule has 1 aromatic heterocycles. The van der Waals surface area contributed by atoms with E-state index < -0.39 is 0 Å². The monoisotopic (exact) mass is 430 g/mol. The topological polar surface area (TPSA) is 40.1 Å². The van der Waals surface area contributed by atoms with Gasteiger partial charge in [0.05, 0.1) is 10.9 Å². The third-order valence-corrected chi connectivity index (χ3v) is 7.99. The van der Waals surface area contributed by atoms with Crippen molar-refractivity contribution < 1.29 is 4.74 Å². The van der Waals surface area contributed by atoms with E-state index in [-0.39, 0.29) is 4.75 Å². The lowest BCUT2D eigenvalue weighted by Gasteiger charge is -2.38. The molecular formula is C19H31ClN4OS2. The number of nitrogens with one attached hydrogen (secondary N) is 1. The third kappa shape index (κ3) is 6.00. The lowest BCUT2D eigenvalue weighted by molar-refractivity contribution is 0.0793. The maximum atomic E-state index is 6.06. The van der Waals surface area contributed by atoms with Crippen LogP contribution in [0.25, 0.3) is 0 Å². The number of piperazine rings is 1. The van der Waals surface area contributed by atoms with Gasteiger partial charge in [-0.15, -0.1) is 11.3 Å². The molecule has 0 aliphatic carbocycles. The first-order valence-electron chi connectivity index (χ1n) is 9.77. The second kappa shape index (κ2) is 10.3. The normalized spacial score (nSPS) is 21.4. The molecule has 0 atom stereocenters. The minimum absolute atomic E-state index is 0.235. The number of hydrogen-bond acceptors (Lipinski definition) is 5. The second-order valence-electron chi connectivity index (χ2n) is 7.14. The van der Waals surface area contributed by atoms with Gasteiger partial charge in [-0.2, -0.15) is 11.8 Å². The van der Waals surface area contributed by atoms with Gasteiger partial charge in [0.25, 0.3) is 0 Å². The number of nitrogens with zero attached hydrogens (tertiary/aromatic N) is 3. The fraction of sp³-hybridized carbons (Fsp3) is 0.737. The average Bonchev–Trinajstić information content (AvgIpc) is 3.11. The summed E-state index contributed by atoms with van der Waals surface area (Å²) in [6, 6.07) is 4.13. The van der Waals surface area contributed by atoms with Gasteiger partial charge in [0.2, 0.25) is 0 Å². The number of hydrogen-bond donors (Lipinski definition) is 1. The summed E-state index contributed by atoms with van der Waals surface area (Å²) in [6.07, 6.45) is 4.39. The van der Waals surface area contributed by atoms with Crippen molar-refractivity contribution in [2.24, 2.45) is 4.99 Å². The van der Waals surface area contributed by atoms with Crippen LogP contribution < -0.4 is 5.32 Å². The van der Waals surface area contributed by atoms with Crippen molar-refractivity contribution in [1.82, 2.24) is 15.1 Å². The lowest BCUT2D eigenvalue weighted by Crippen LogP contribution is -2.52. The van der Waals surface area contributed by atoms with E-state index in [1.165, 1.54) is 4.88 Å². The summed E-state index contributed by atoms with van der Waals surface area (Å²) in [7, 11) is 0. The van der Waals surface area contributed by atoms with Crippen molar-refractivity contribution in [1.29, 1.82) is 0 Å². The Kier molecular flexibility index (Phi) is 8.14. The molecule has 5 nitrogen and oxygen atoms in total. The van der Waals surface area contributed by atoms with Gasteiger partial charge in [-0.1, -0.05) is 11.6 Å². The molecule has 2 aliphatic heterocycles. The molecule has 2 saturated heterocycles. The number of aliphatic imine (C=N–C) groups is 1. The molecule has 2 fully saturated rings. The summed E-state index contributed by atoms with van der Waals surface area (Å²) in [5, 5.41) is 3.50. The van der Waals surface area contributed by atoms with Gasteiger partial charge in [0, 0.05) is 62.1 Å². The Labute approximate surface area is 176 Å². The quantitative estimate of drug-likeness (QED) is 0.553. The Bertz CT molecular complexity index is 611. The zero-order valence-electron chi connectivity index (χ0n) is 16.4. The van der Waals surface area contributed by atoms with Crippen molar-refractivity contribution in [3.8, 4) is 0 Å². The van der Waals surface area contributed by atoms with Crippen LogP contribution in [0.4, 0.5) is 0 Å². The molecule has 0 unspecified atom stereocenters. The molecule has 152 valence electrons. The number of thiophene rings is 1. The number of halogens is 1. The van der Waals surface area contributed by atoms with Crippen LogP contribution in [-0.4, -0.2) is 79.2 Å². The first-order chi connectivity index (χ1) is 13.1. The van der Waals surface area contributed by atoms with E-state index in [1.807, 2.05) is 17.8 Å². The molecule has 27 heavy (non-hydrogen) atoms. The first-order valence-corrected chi connectivity index (χ1v) is 12.2. The molecule has 8 heteroatoms. The van der Waals surface area contributed by atoms with Crippen LogP contribution in [0, 0.1) is 0 Å². The number of ether oxygens (including phenoxy) is 1. The Morgan fingerprint density at radius 2 is 2.04 bits per heavy atom. The van der Waals surface area contributed by atoms with Gasteiger partial charge in [-0.05, 0) is 38.2 Å². The average molecular weight is 431 g/mol. The van der Waals surface area contributed by atoms with E-state index in [4.69, 9.17) is 21.3 Å². The smallest absolute Gasteiger partial charge is 0.194 e. The van der Waals surface area contributed by atoms with E-state index in [9.17, 15) is 0 Å². The van der Waals surface area contributed by atoms with Crippen LogP contribution >= 0.6 is 34.7 Å². The first kappa shape index (κ1) is 21.2. The van der Waals surface area contributed by atoms with Gasteiger partial charge in [-0.3, -0.25) is 9.89 Å². The molecule has 0 saturated carbocycles. The van der Waals surface area contributed by atoms with Gasteiger partial charge < -0.3 is 15.0 Å². The highest BCUT2D eigenvalue weighted by atomic mass is 35.5. The van der Waals surface area contributed by atoms with Crippen molar-refractivity contribution in [3.63, 3.8) is 0 Å². The summed E-state index contributed by atoms with van der Waals surface area (Å²) < 4.78 is 6.67. The molecule has 3 rings (SSSR count). The van der Waals surface area contributed by atoms with Crippen molar-refractivity contribution in [3.05, 3.63) is 21.3 Å². The predicted octanol–water partition coefficient (Wildman–Crippen LogP) is 3.40. The largest absolute Gasteiger partial charge is 0.381 e. The third-order valence-electron chi connectivity index (χ3n) is 5.37. The Morgan fingerprint density at radius 1 is 1.30 bits per heavy atom. The summed E-state index contributed by atoms with van der Waals surface area (Å²) in [5.74, 6) is 1.07. The van der Waals surface area contributed by atoms with Crippen LogP contribution in [0.1, 0.15) is 24.6 Å². The van der Waals surface area contributed by atoms with Crippen LogP contribution in [-0.2, 0) is 11.3 Å². The summed E-state index contributed by atoms with van der Waals surface area (Å²) in [5.41, 5.74) is 0. The summed E-state index contributed by atoms with van der Waals surface area (Å²) >= 11 is 9.69. The van der Waals surface area contributed by atoms with Crippen molar-refractivity contribution in [2.45, 2.75) is 31.1 Å². The minimum atomic E-state index is 0.235. The molecule has 0 aromatic carbocycles. The molecule has 1 aromatic rings.